The molecule has 80 valence electrons. The molecule has 1 aliphatic carbocycles. The molecule has 0 unspecified atom stereocenters. The number of rotatable bonds is 4. The predicted octanol–water partition coefficient (Wildman–Crippen LogP) is 1.74. The van der Waals surface area contributed by atoms with E-state index < -0.39 is 11.9 Å². The van der Waals surface area contributed by atoms with Crippen molar-refractivity contribution in [3.8, 4) is 0 Å². The zero-order valence-corrected chi connectivity index (χ0v) is 8.11. The summed E-state index contributed by atoms with van der Waals surface area (Å²) in [7, 11) is 0. The van der Waals surface area contributed by atoms with E-state index in [1.54, 1.807) is 0 Å². The summed E-state index contributed by atoms with van der Waals surface area (Å²) in [4.78, 5) is 21.2. The van der Waals surface area contributed by atoms with E-state index in [9.17, 15) is 9.59 Å². The largest absolute Gasteiger partial charge is 0.481 e. The van der Waals surface area contributed by atoms with Crippen molar-refractivity contribution in [2.45, 2.75) is 38.5 Å². The molecule has 4 nitrogen and oxygen atoms in total. The molecular weight excluding hydrogens is 184 g/mol. The fourth-order valence-corrected chi connectivity index (χ4v) is 2.19. The van der Waals surface area contributed by atoms with E-state index in [4.69, 9.17) is 10.2 Å². The summed E-state index contributed by atoms with van der Waals surface area (Å²) >= 11 is 0. The van der Waals surface area contributed by atoms with Crippen molar-refractivity contribution in [2.24, 2.45) is 11.8 Å². The summed E-state index contributed by atoms with van der Waals surface area (Å²) in [6, 6.07) is 0. The van der Waals surface area contributed by atoms with Crippen LogP contribution in [0.2, 0.25) is 0 Å². The average molecular weight is 200 g/mol. The predicted molar refractivity (Wildman–Crippen MR) is 50.0 cm³/mol. The Labute approximate surface area is 82.9 Å². The van der Waals surface area contributed by atoms with E-state index in [0.717, 1.165) is 19.3 Å². The molecule has 1 rings (SSSR count). The van der Waals surface area contributed by atoms with Crippen molar-refractivity contribution in [3.63, 3.8) is 0 Å². The van der Waals surface area contributed by atoms with E-state index in [1.165, 1.54) is 0 Å². The van der Waals surface area contributed by atoms with Gasteiger partial charge in [0.2, 0.25) is 0 Å². The monoisotopic (exact) mass is 200 g/mol. The number of carboxylic acid groups (broad SMARTS) is 2. The first-order valence-corrected chi connectivity index (χ1v) is 5.06. The second-order valence-corrected chi connectivity index (χ2v) is 3.92. The van der Waals surface area contributed by atoms with Crippen LogP contribution < -0.4 is 0 Å². The highest BCUT2D eigenvalue weighted by Crippen LogP contribution is 2.33. The van der Waals surface area contributed by atoms with Gasteiger partial charge in [0.15, 0.2) is 0 Å². The average Bonchev–Trinajstić information content (AvgIpc) is 2.15. The maximum absolute atomic E-state index is 10.9. The smallest absolute Gasteiger partial charge is 0.306 e. The van der Waals surface area contributed by atoms with Crippen molar-refractivity contribution < 1.29 is 19.8 Å². The van der Waals surface area contributed by atoms with Crippen molar-refractivity contribution >= 4 is 11.9 Å². The van der Waals surface area contributed by atoms with Crippen molar-refractivity contribution in [2.75, 3.05) is 0 Å². The van der Waals surface area contributed by atoms with Gasteiger partial charge in [-0.2, -0.15) is 0 Å². The molecule has 1 fully saturated rings. The molecule has 14 heavy (non-hydrogen) atoms. The van der Waals surface area contributed by atoms with Crippen LogP contribution in [-0.4, -0.2) is 22.2 Å². The van der Waals surface area contributed by atoms with Gasteiger partial charge in [0.1, 0.15) is 0 Å². The molecule has 1 saturated carbocycles. The summed E-state index contributed by atoms with van der Waals surface area (Å²) in [6.45, 7) is 0. The van der Waals surface area contributed by atoms with Crippen LogP contribution >= 0.6 is 0 Å². The van der Waals surface area contributed by atoms with Crippen LogP contribution in [0.25, 0.3) is 0 Å². The van der Waals surface area contributed by atoms with Gasteiger partial charge in [-0.05, 0) is 25.2 Å². The molecule has 0 amide bonds. The van der Waals surface area contributed by atoms with E-state index in [-0.39, 0.29) is 18.3 Å². The maximum atomic E-state index is 10.9. The van der Waals surface area contributed by atoms with Crippen LogP contribution in [-0.2, 0) is 9.59 Å². The van der Waals surface area contributed by atoms with Gasteiger partial charge in [0.25, 0.3) is 0 Å². The zero-order valence-electron chi connectivity index (χ0n) is 8.11. The molecular formula is C10H16O4. The van der Waals surface area contributed by atoms with Crippen LogP contribution in [0.1, 0.15) is 38.5 Å². The maximum Gasteiger partial charge on any atom is 0.306 e. The van der Waals surface area contributed by atoms with Crippen molar-refractivity contribution in [1.82, 2.24) is 0 Å². The molecule has 0 bridgehead atoms. The van der Waals surface area contributed by atoms with Crippen molar-refractivity contribution in [1.29, 1.82) is 0 Å². The molecule has 0 saturated heterocycles. The van der Waals surface area contributed by atoms with Crippen LogP contribution in [0, 0.1) is 11.8 Å². The van der Waals surface area contributed by atoms with Gasteiger partial charge < -0.3 is 10.2 Å². The molecule has 0 aliphatic heterocycles. The lowest BCUT2D eigenvalue weighted by Crippen LogP contribution is -2.27. The quantitative estimate of drug-likeness (QED) is 0.724. The van der Waals surface area contributed by atoms with Gasteiger partial charge in [-0.3, -0.25) is 9.59 Å². The van der Waals surface area contributed by atoms with E-state index in [1.807, 2.05) is 0 Å². The Hall–Kier alpha value is -1.06. The minimum atomic E-state index is -0.834. The minimum absolute atomic E-state index is 0.0670. The zero-order chi connectivity index (χ0) is 10.6. The highest BCUT2D eigenvalue weighted by molar-refractivity contribution is 5.71. The van der Waals surface area contributed by atoms with Crippen molar-refractivity contribution in [3.05, 3.63) is 0 Å². The second-order valence-electron chi connectivity index (χ2n) is 3.92. The summed E-state index contributed by atoms with van der Waals surface area (Å²) in [5.41, 5.74) is 0. The second kappa shape index (κ2) is 4.98. The molecule has 0 aromatic carbocycles. The summed E-state index contributed by atoms with van der Waals surface area (Å²) in [5.74, 6) is -1.85. The number of hydrogen-bond donors (Lipinski definition) is 2. The molecule has 4 heteroatoms. The Morgan fingerprint density at radius 2 is 1.79 bits per heavy atom. The number of aliphatic carboxylic acids is 2. The number of hydrogen-bond acceptors (Lipinski definition) is 2. The van der Waals surface area contributed by atoms with Crippen LogP contribution in [0.3, 0.4) is 0 Å². The molecule has 2 N–H and O–H groups in total. The fraction of sp³-hybridized carbons (Fsp3) is 0.800. The third-order valence-electron chi connectivity index (χ3n) is 2.96. The van der Waals surface area contributed by atoms with E-state index in [2.05, 4.69) is 0 Å². The SMILES string of the molecule is O=C(O)CC[C@@H]1CCCC[C@H]1C(=O)O. The first kappa shape index (κ1) is 11.0. The third-order valence-corrected chi connectivity index (χ3v) is 2.96. The lowest BCUT2D eigenvalue weighted by Gasteiger charge is -2.27. The molecule has 0 spiro atoms. The Morgan fingerprint density at radius 3 is 2.36 bits per heavy atom. The van der Waals surface area contributed by atoms with Crippen LogP contribution in [0.5, 0.6) is 0 Å². The van der Waals surface area contributed by atoms with Crippen LogP contribution in [0.4, 0.5) is 0 Å². The lowest BCUT2D eigenvalue weighted by atomic mass is 9.77. The fourth-order valence-electron chi connectivity index (χ4n) is 2.19. The molecule has 0 radical (unpaired) electrons. The van der Waals surface area contributed by atoms with Gasteiger partial charge in [0, 0.05) is 6.42 Å². The molecule has 0 aromatic rings. The highest BCUT2D eigenvalue weighted by atomic mass is 16.4. The summed E-state index contributed by atoms with van der Waals surface area (Å²) < 4.78 is 0. The molecule has 0 aromatic heterocycles. The minimum Gasteiger partial charge on any atom is -0.481 e. The summed E-state index contributed by atoms with van der Waals surface area (Å²) in [5, 5.41) is 17.4. The highest BCUT2D eigenvalue weighted by Gasteiger charge is 2.30. The summed E-state index contributed by atoms with van der Waals surface area (Å²) in [6.07, 6.45) is 4.17. The Balaban J connectivity index is 2.45. The Bertz CT molecular complexity index is 224. The lowest BCUT2D eigenvalue weighted by molar-refractivity contribution is -0.146. The molecule has 0 heterocycles. The van der Waals surface area contributed by atoms with Gasteiger partial charge >= 0.3 is 11.9 Å². The van der Waals surface area contributed by atoms with Crippen LogP contribution in [0.15, 0.2) is 0 Å². The normalized spacial score (nSPS) is 27.1. The first-order valence-electron chi connectivity index (χ1n) is 5.06. The van der Waals surface area contributed by atoms with Gasteiger partial charge in [-0.15, -0.1) is 0 Å². The van der Waals surface area contributed by atoms with Gasteiger partial charge in [0.05, 0.1) is 5.92 Å². The Kier molecular flexibility index (Phi) is 3.92. The van der Waals surface area contributed by atoms with Gasteiger partial charge in [-0.1, -0.05) is 12.8 Å². The van der Waals surface area contributed by atoms with E-state index in [0.29, 0.717) is 12.8 Å². The number of carbonyl (C=O) groups is 2. The third kappa shape index (κ3) is 3.01. The first-order chi connectivity index (χ1) is 6.61. The standard InChI is InChI=1S/C10H16O4/c11-9(12)6-5-7-3-1-2-4-8(7)10(13)14/h7-8H,1-6H2,(H,11,12)(H,13,14)/t7-,8+/m0/s1. The topological polar surface area (TPSA) is 74.6 Å². The molecule has 1 aliphatic rings. The van der Waals surface area contributed by atoms with E-state index >= 15 is 0 Å². The van der Waals surface area contributed by atoms with Gasteiger partial charge in [-0.25, -0.2) is 0 Å². The molecule has 2 atom stereocenters. The Morgan fingerprint density at radius 1 is 1.14 bits per heavy atom. The number of carboxylic acids is 2.